The lowest BCUT2D eigenvalue weighted by atomic mass is 10.1. The van der Waals surface area contributed by atoms with Gasteiger partial charge in [0.1, 0.15) is 5.75 Å². The third-order valence-electron chi connectivity index (χ3n) is 3.55. The molecule has 1 N–H and O–H groups in total. The smallest absolute Gasteiger partial charge is 0.321 e. The van der Waals surface area contributed by atoms with Gasteiger partial charge in [-0.2, -0.15) is 0 Å². The number of nitrogens with one attached hydrogen (secondary N) is 1. The second-order valence-corrected chi connectivity index (χ2v) is 5.16. The zero-order valence-corrected chi connectivity index (χ0v) is 13.3. The number of hydrogen-bond acceptors (Lipinski definition) is 2. The van der Waals surface area contributed by atoms with Crippen molar-refractivity contribution in [2.75, 3.05) is 19.5 Å². The van der Waals surface area contributed by atoms with E-state index in [0.29, 0.717) is 18.0 Å². The van der Waals surface area contributed by atoms with Crippen LogP contribution < -0.4 is 10.1 Å². The van der Waals surface area contributed by atoms with E-state index >= 15 is 0 Å². The normalized spacial score (nSPS) is 10.1. The van der Waals surface area contributed by atoms with Crippen molar-refractivity contribution >= 4 is 11.7 Å². The second kappa shape index (κ2) is 7.50. The highest BCUT2D eigenvalue weighted by Gasteiger charge is 2.11. The van der Waals surface area contributed by atoms with Gasteiger partial charge in [-0.3, -0.25) is 0 Å². The molecule has 2 aromatic rings. The van der Waals surface area contributed by atoms with Gasteiger partial charge in [0, 0.05) is 13.6 Å². The van der Waals surface area contributed by atoms with Crippen molar-refractivity contribution in [3.8, 4) is 5.75 Å². The fourth-order valence-electron chi connectivity index (χ4n) is 2.18. The summed E-state index contributed by atoms with van der Waals surface area (Å²) in [5.41, 5.74) is 3.07. The van der Waals surface area contributed by atoms with E-state index in [1.54, 1.807) is 19.1 Å². The molecule has 0 radical (unpaired) electrons. The summed E-state index contributed by atoms with van der Waals surface area (Å²) in [6, 6.07) is 15.5. The summed E-state index contributed by atoms with van der Waals surface area (Å²) in [6.45, 7) is 2.69. The van der Waals surface area contributed by atoms with Gasteiger partial charge in [-0.15, -0.1) is 0 Å². The van der Waals surface area contributed by atoms with Crippen LogP contribution in [0.3, 0.4) is 0 Å². The van der Waals surface area contributed by atoms with E-state index in [2.05, 4.69) is 36.5 Å². The molecule has 0 saturated carbocycles. The number of carbonyl (C=O) groups excluding carboxylic acids is 1. The number of methoxy groups -OCH3 is 1. The van der Waals surface area contributed by atoms with Crippen molar-refractivity contribution in [2.45, 2.75) is 19.9 Å². The molecule has 116 valence electrons. The van der Waals surface area contributed by atoms with Crippen LogP contribution in [0.5, 0.6) is 5.75 Å². The average Bonchev–Trinajstić information content (AvgIpc) is 2.56. The molecule has 0 aliphatic carbocycles. The summed E-state index contributed by atoms with van der Waals surface area (Å²) < 4.78 is 5.24. The highest BCUT2D eigenvalue weighted by Crippen LogP contribution is 2.23. The van der Waals surface area contributed by atoms with E-state index in [1.807, 2.05) is 24.3 Å². The molecule has 2 aromatic carbocycles. The maximum Gasteiger partial charge on any atom is 0.321 e. The molecule has 0 atom stereocenters. The molecule has 0 heterocycles. The average molecular weight is 298 g/mol. The van der Waals surface area contributed by atoms with Gasteiger partial charge in [-0.25, -0.2) is 4.79 Å². The molecule has 2 amide bonds. The molecule has 0 saturated heterocycles. The molecule has 0 spiro atoms. The van der Waals surface area contributed by atoms with Crippen LogP contribution in [0, 0.1) is 0 Å². The van der Waals surface area contributed by atoms with Gasteiger partial charge in [0.05, 0.1) is 12.8 Å². The van der Waals surface area contributed by atoms with E-state index < -0.39 is 0 Å². The first kappa shape index (κ1) is 15.9. The van der Waals surface area contributed by atoms with Crippen molar-refractivity contribution < 1.29 is 9.53 Å². The van der Waals surface area contributed by atoms with Gasteiger partial charge in [0.25, 0.3) is 0 Å². The van der Waals surface area contributed by atoms with Gasteiger partial charge in [-0.1, -0.05) is 43.3 Å². The summed E-state index contributed by atoms with van der Waals surface area (Å²) in [5, 5.41) is 2.87. The maximum absolute atomic E-state index is 12.3. The van der Waals surface area contributed by atoms with E-state index in [4.69, 9.17) is 4.74 Å². The van der Waals surface area contributed by atoms with Gasteiger partial charge in [0.15, 0.2) is 0 Å². The summed E-state index contributed by atoms with van der Waals surface area (Å²) in [5.74, 6) is 0.650. The number of rotatable bonds is 5. The maximum atomic E-state index is 12.3. The van der Waals surface area contributed by atoms with Crippen molar-refractivity contribution in [3.05, 3.63) is 59.7 Å². The largest absolute Gasteiger partial charge is 0.495 e. The number of urea groups is 1. The highest BCUT2D eigenvalue weighted by atomic mass is 16.5. The van der Waals surface area contributed by atoms with Crippen molar-refractivity contribution in [2.24, 2.45) is 0 Å². The number of carbonyl (C=O) groups is 1. The highest BCUT2D eigenvalue weighted by molar-refractivity contribution is 5.90. The van der Waals surface area contributed by atoms with E-state index in [0.717, 1.165) is 12.0 Å². The van der Waals surface area contributed by atoms with Gasteiger partial charge >= 0.3 is 6.03 Å². The molecule has 4 heteroatoms. The fraction of sp³-hybridized carbons (Fsp3) is 0.278. The Labute approximate surface area is 131 Å². The Bertz CT molecular complexity index is 623. The predicted molar refractivity (Wildman–Crippen MR) is 89.3 cm³/mol. The first-order valence-corrected chi connectivity index (χ1v) is 7.37. The molecule has 4 nitrogen and oxygen atoms in total. The predicted octanol–water partition coefficient (Wildman–Crippen LogP) is 3.92. The summed E-state index contributed by atoms with van der Waals surface area (Å²) in [6.07, 6.45) is 1.02. The van der Waals surface area contributed by atoms with E-state index in [1.165, 1.54) is 5.56 Å². The van der Waals surface area contributed by atoms with Crippen LogP contribution in [-0.2, 0) is 13.0 Å². The minimum absolute atomic E-state index is 0.163. The van der Waals surface area contributed by atoms with Crippen LogP contribution in [0.1, 0.15) is 18.1 Å². The van der Waals surface area contributed by atoms with E-state index in [-0.39, 0.29) is 6.03 Å². The van der Waals surface area contributed by atoms with Gasteiger partial charge < -0.3 is 15.0 Å². The number of amides is 2. The number of ether oxygens (including phenoxy) is 1. The number of aryl methyl sites for hydroxylation is 1. The minimum atomic E-state index is -0.163. The summed E-state index contributed by atoms with van der Waals surface area (Å²) >= 11 is 0. The number of para-hydroxylation sites is 2. The molecule has 22 heavy (non-hydrogen) atoms. The molecule has 0 aromatic heterocycles. The fourth-order valence-corrected chi connectivity index (χ4v) is 2.18. The van der Waals surface area contributed by atoms with Crippen LogP contribution in [-0.4, -0.2) is 25.1 Å². The monoisotopic (exact) mass is 298 g/mol. The number of hydrogen-bond donors (Lipinski definition) is 1. The van der Waals surface area contributed by atoms with Crippen LogP contribution >= 0.6 is 0 Å². The Morgan fingerprint density at radius 3 is 2.36 bits per heavy atom. The summed E-state index contributed by atoms with van der Waals surface area (Å²) in [7, 11) is 3.36. The second-order valence-electron chi connectivity index (χ2n) is 5.16. The molecule has 0 aliphatic rings. The SMILES string of the molecule is CCc1ccc(CN(C)C(=O)Nc2ccccc2OC)cc1. The first-order valence-electron chi connectivity index (χ1n) is 7.37. The van der Waals surface area contributed by atoms with Crippen LogP contribution in [0.2, 0.25) is 0 Å². The lowest BCUT2D eigenvalue weighted by Crippen LogP contribution is -2.30. The number of anilines is 1. The van der Waals surface area contributed by atoms with E-state index in [9.17, 15) is 4.79 Å². The van der Waals surface area contributed by atoms with Gasteiger partial charge in [0.2, 0.25) is 0 Å². The standard InChI is InChI=1S/C18H22N2O2/c1-4-14-9-11-15(12-10-14)13-20(2)18(21)19-16-7-5-6-8-17(16)22-3/h5-12H,4,13H2,1-3H3,(H,19,21). The Morgan fingerprint density at radius 1 is 1.09 bits per heavy atom. The molecule has 2 rings (SSSR count). The lowest BCUT2D eigenvalue weighted by molar-refractivity contribution is 0.220. The number of benzene rings is 2. The third-order valence-corrected chi connectivity index (χ3v) is 3.55. The first-order chi connectivity index (χ1) is 10.6. The molecule has 0 unspecified atom stereocenters. The third kappa shape index (κ3) is 4.01. The van der Waals surface area contributed by atoms with Crippen molar-refractivity contribution in [1.29, 1.82) is 0 Å². The van der Waals surface area contributed by atoms with Crippen LogP contribution in [0.25, 0.3) is 0 Å². The van der Waals surface area contributed by atoms with Crippen LogP contribution in [0.4, 0.5) is 10.5 Å². The molecular weight excluding hydrogens is 276 g/mol. The van der Waals surface area contributed by atoms with Crippen molar-refractivity contribution in [1.82, 2.24) is 4.90 Å². The Kier molecular flexibility index (Phi) is 5.42. The van der Waals surface area contributed by atoms with Crippen LogP contribution in [0.15, 0.2) is 48.5 Å². The Balaban J connectivity index is 1.99. The minimum Gasteiger partial charge on any atom is -0.495 e. The topological polar surface area (TPSA) is 41.6 Å². The molecular formula is C18H22N2O2. The molecule has 0 aliphatic heterocycles. The molecule has 0 bridgehead atoms. The number of nitrogens with zero attached hydrogens (tertiary/aromatic N) is 1. The summed E-state index contributed by atoms with van der Waals surface area (Å²) in [4.78, 5) is 13.9. The zero-order valence-electron chi connectivity index (χ0n) is 13.3. The lowest BCUT2D eigenvalue weighted by Gasteiger charge is -2.19. The van der Waals surface area contributed by atoms with Gasteiger partial charge in [-0.05, 0) is 29.7 Å². The Hall–Kier alpha value is -2.49. The zero-order chi connectivity index (χ0) is 15.9. The Morgan fingerprint density at radius 2 is 1.73 bits per heavy atom. The molecule has 0 fully saturated rings. The van der Waals surface area contributed by atoms with Crippen molar-refractivity contribution in [3.63, 3.8) is 0 Å². The quantitative estimate of drug-likeness (QED) is 0.909.